The maximum Gasteiger partial charge on any atom is 0.191 e. The average molecular weight is 324 g/mol. The third kappa shape index (κ3) is 5.93. The topological polar surface area (TPSA) is 52.6 Å². The molecule has 2 rings (SSSR count). The van der Waals surface area contributed by atoms with E-state index >= 15 is 0 Å². The van der Waals surface area contributed by atoms with Crippen molar-refractivity contribution >= 4 is 17.3 Å². The van der Waals surface area contributed by atoms with E-state index in [2.05, 4.69) is 32.4 Å². The van der Waals surface area contributed by atoms with Crippen LogP contribution < -0.4 is 10.6 Å². The van der Waals surface area contributed by atoms with Crippen LogP contribution in [0.15, 0.2) is 11.2 Å². The minimum absolute atomic E-state index is 0.875. The summed E-state index contributed by atoms with van der Waals surface area (Å²) < 4.78 is 0. The van der Waals surface area contributed by atoms with Gasteiger partial charge in [-0.2, -0.15) is 0 Å². The number of guanidine groups is 1. The van der Waals surface area contributed by atoms with E-state index in [1.54, 1.807) is 0 Å². The first kappa shape index (κ1) is 17.2. The number of likely N-dealkylation sites (tertiary alicyclic amines) is 1. The molecule has 6 heteroatoms. The molecule has 1 aliphatic heterocycles. The van der Waals surface area contributed by atoms with Crippen LogP contribution >= 0.6 is 11.3 Å². The van der Waals surface area contributed by atoms with Crippen molar-refractivity contribution in [2.24, 2.45) is 4.99 Å². The van der Waals surface area contributed by atoms with Gasteiger partial charge >= 0.3 is 0 Å². The van der Waals surface area contributed by atoms with Crippen LogP contribution in [0.25, 0.3) is 0 Å². The second kappa shape index (κ2) is 9.79. The summed E-state index contributed by atoms with van der Waals surface area (Å²) >= 11 is 1.81. The third-order valence-corrected chi connectivity index (χ3v) is 5.18. The Labute approximate surface area is 138 Å². The number of nitrogens with zero attached hydrogens (tertiary/aromatic N) is 3. The molecule has 1 aromatic heterocycles. The van der Waals surface area contributed by atoms with Gasteiger partial charge in [0.2, 0.25) is 0 Å². The number of aliphatic imine (C=N–C) groups is 1. The zero-order chi connectivity index (χ0) is 15.6. The highest BCUT2D eigenvalue weighted by Crippen LogP contribution is 2.13. The van der Waals surface area contributed by atoms with Crippen LogP contribution in [-0.4, -0.2) is 55.6 Å². The van der Waals surface area contributed by atoms with Crippen molar-refractivity contribution in [3.63, 3.8) is 0 Å². The molecule has 2 heterocycles. The Kier molecular flexibility index (Phi) is 7.66. The lowest BCUT2D eigenvalue weighted by molar-refractivity contribution is 0.232. The van der Waals surface area contributed by atoms with Crippen molar-refractivity contribution in [3.8, 4) is 0 Å². The fraction of sp³-hybridized carbons (Fsp3) is 0.750. The molecule has 1 saturated heterocycles. The Hall–Kier alpha value is -1.14. The normalized spacial score (nSPS) is 16.7. The fourth-order valence-corrected chi connectivity index (χ4v) is 3.51. The van der Waals surface area contributed by atoms with Gasteiger partial charge in [0.05, 0.1) is 5.01 Å². The van der Waals surface area contributed by atoms with E-state index in [4.69, 9.17) is 0 Å². The molecule has 5 nitrogen and oxygen atoms in total. The molecule has 124 valence electrons. The van der Waals surface area contributed by atoms with Crippen LogP contribution in [0.5, 0.6) is 0 Å². The second-order valence-corrected chi connectivity index (χ2v) is 6.85. The van der Waals surface area contributed by atoms with Crippen LogP contribution in [0.3, 0.4) is 0 Å². The summed E-state index contributed by atoms with van der Waals surface area (Å²) in [4.78, 5) is 12.6. The molecule has 0 bridgehead atoms. The average Bonchev–Trinajstić information content (AvgIpc) is 3.02. The minimum Gasteiger partial charge on any atom is -0.356 e. The Morgan fingerprint density at radius 3 is 2.73 bits per heavy atom. The van der Waals surface area contributed by atoms with Crippen LogP contribution in [0.2, 0.25) is 0 Å². The van der Waals surface area contributed by atoms with Gasteiger partial charge in [-0.05, 0) is 32.4 Å². The molecule has 0 atom stereocenters. The van der Waals surface area contributed by atoms with Gasteiger partial charge in [-0.3, -0.25) is 4.99 Å². The van der Waals surface area contributed by atoms with Gasteiger partial charge in [-0.1, -0.05) is 13.3 Å². The predicted octanol–water partition coefficient (Wildman–Crippen LogP) is 1.90. The number of aromatic nitrogens is 1. The van der Waals surface area contributed by atoms with Crippen LogP contribution in [0.4, 0.5) is 0 Å². The summed E-state index contributed by atoms with van der Waals surface area (Å²) in [5.41, 5.74) is 0. The Morgan fingerprint density at radius 2 is 2.05 bits per heavy atom. The fourth-order valence-electron chi connectivity index (χ4n) is 2.65. The molecule has 22 heavy (non-hydrogen) atoms. The molecule has 2 N–H and O–H groups in total. The standard InChI is InChI=1S/C16H29N5S/c1-3-14-13-20-15(22-14)7-8-18-16(17-2)19-9-12-21-10-5-4-6-11-21/h13H,3-12H2,1-2H3,(H2,17,18,19). The highest BCUT2D eigenvalue weighted by atomic mass is 32.1. The molecule has 0 radical (unpaired) electrons. The molecule has 1 aliphatic rings. The van der Waals surface area contributed by atoms with Gasteiger partial charge in [0.25, 0.3) is 0 Å². The quantitative estimate of drug-likeness (QED) is 0.594. The summed E-state index contributed by atoms with van der Waals surface area (Å²) in [6.07, 6.45) is 8.11. The summed E-state index contributed by atoms with van der Waals surface area (Å²) in [7, 11) is 1.83. The maximum atomic E-state index is 4.44. The molecule has 0 amide bonds. The zero-order valence-corrected chi connectivity index (χ0v) is 14.7. The van der Waals surface area contributed by atoms with E-state index in [-0.39, 0.29) is 0 Å². The Bertz CT molecular complexity index is 451. The summed E-state index contributed by atoms with van der Waals surface area (Å²) in [6.45, 7) is 7.60. The van der Waals surface area contributed by atoms with Gasteiger partial charge in [0.15, 0.2) is 5.96 Å². The lowest BCUT2D eigenvalue weighted by Gasteiger charge is -2.26. The Balaban J connectivity index is 1.60. The maximum absolute atomic E-state index is 4.44. The zero-order valence-electron chi connectivity index (χ0n) is 13.9. The SMILES string of the molecule is CCc1cnc(CCNC(=NC)NCCN2CCCCC2)s1. The number of thiazole rings is 1. The lowest BCUT2D eigenvalue weighted by atomic mass is 10.1. The lowest BCUT2D eigenvalue weighted by Crippen LogP contribution is -2.43. The van der Waals surface area contributed by atoms with Crippen molar-refractivity contribution in [2.45, 2.75) is 39.0 Å². The molecule has 0 spiro atoms. The van der Waals surface area contributed by atoms with E-state index in [1.807, 2.05) is 24.6 Å². The van der Waals surface area contributed by atoms with E-state index in [0.717, 1.165) is 38.4 Å². The van der Waals surface area contributed by atoms with Crippen molar-refractivity contribution < 1.29 is 0 Å². The molecule has 0 unspecified atom stereocenters. The molecule has 0 aliphatic carbocycles. The number of aryl methyl sites for hydroxylation is 1. The molecule has 0 saturated carbocycles. The smallest absolute Gasteiger partial charge is 0.191 e. The van der Waals surface area contributed by atoms with Crippen molar-refractivity contribution in [1.82, 2.24) is 20.5 Å². The van der Waals surface area contributed by atoms with E-state index in [9.17, 15) is 0 Å². The number of nitrogens with one attached hydrogen (secondary N) is 2. The number of rotatable bonds is 7. The van der Waals surface area contributed by atoms with Crippen molar-refractivity contribution in [2.75, 3.05) is 39.8 Å². The third-order valence-electron chi connectivity index (χ3n) is 3.97. The van der Waals surface area contributed by atoms with Crippen LogP contribution in [-0.2, 0) is 12.8 Å². The van der Waals surface area contributed by atoms with Gasteiger partial charge in [-0.25, -0.2) is 4.98 Å². The summed E-state index contributed by atoms with van der Waals surface area (Å²) in [6, 6.07) is 0. The first-order valence-corrected chi connectivity index (χ1v) is 9.24. The van der Waals surface area contributed by atoms with Gasteiger partial charge < -0.3 is 15.5 Å². The Morgan fingerprint density at radius 1 is 1.27 bits per heavy atom. The molecule has 1 aromatic rings. The van der Waals surface area contributed by atoms with E-state index < -0.39 is 0 Å². The first-order chi connectivity index (χ1) is 10.8. The van der Waals surface area contributed by atoms with E-state index in [1.165, 1.54) is 42.2 Å². The molecule has 1 fully saturated rings. The van der Waals surface area contributed by atoms with Crippen molar-refractivity contribution in [3.05, 3.63) is 16.1 Å². The first-order valence-electron chi connectivity index (χ1n) is 8.42. The molecular formula is C16H29N5S. The van der Waals surface area contributed by atoms with Crippen molar-refractivity contribution in [1.29, 1.82) is 0 Å². The molecule has 0 aromatic carbocycles. The number of piperidine rings is 1. The molecular weight excluding hydrogens is 294 g/mol. The summed E-state index contributed by atoms with van der Waals surface area (Å²) in [5.74, 6) is 0.893. The monoisotopic (exact) mass is 323 g/mol. The second-order valence-electron chi connectivity index (χ2n) is 5.65. The number of hydrogen-bond acceptors (Lipinski definition) is 4. The van der Waals surface area contributed by atoms with Crippen LogP contribution in [0.1, 0.15) is 36.1 Å². The highest BCUT2D eigenvalue weighted by molar-refractivity contribution is 7.11. The minimum atomic E-state index is 0.875. The van der Waals surface area contributed by atoms with Gasteiger partial charge in [-0.15, -0.1) is 11.3 Å². The summed E-state index contributed by atoms with van der Waals surface area (Å²) in [5, 5.41) is 7.97. The van der Waals surface area contributed by atoms with Crippen LogP contribution in [0, 0.1) is 0 Å². The predicted molar refractivity (Wildman–Crippen MR) is 94.9 cm³/mol. The van der Waals surface area contributed by atoms with Gasteiger partial charge in [0.1, 0.15) is 0 Å². The highest BCUT2D eigenvalue weighted by Gasteiger charge is 2.09. The number of hydrogen-bond donors (Lipinski definition) is 2. The van der Waals surface area contributed by atoms with Gasteiger partial charge in [0, 0.05) is 44.2 Å². The van der Waals surface area contributed by atoms with E-state index in [0.29, 0.717) is 0 Å². The largest absolute Gasteiger partial charge is 0.356 e.